The minimum absolute atomic E-state index is 0.0721. The van der Waals surface area contributed by atoms with Gasteiger partial charge in [0, 0.05) is 37.5 Å². The van der Waals surface area contributed by atoms with E-state index in [1.165, 1.54) is 16.8 Å². The number of allylic oxidation sites excluding steroid dienone is 1. The van der Waals surface area contributed by atoms with Gasteiger partial charge in [-0.1, -0.05) is 17.7 Å². The maximum absolute atomic E-state index is 12.6. The molecule has 0 spiro atoms. The van der Waals surface area contributed by atoms with E-state index in [-0.39, 0.29) is 23.8 Å². The van der Waals surface area contributed by atoms with Crippen molar-refractivity contribution in [2.24, 2.45) is 0 Å². The molecule has 0 amide bonds. The van der Waals surface area contributed by atoms with Gasteiger partial charge in [0.2, 0.25) is 5.78 Å². The maximum Gasteiger partial charge on any atom is 0.358 e. The Morgan fingerprint density at radius 2 is 2.04 bits per heavy atom. The molecule has 132 valence electrons. The normalized spacial score (nSPS) is 10.9. The summed E-state index contributed by atoms with van der Waals surface area (Å²) < 4.78 is 6.41. The predicted octanol–water partition coefficient (Wildman–Crippen LogP) is 3.27. The number of benzene rings is 1. The summed E-state index contributed by atoms with van der Waals surface area (Å²) in [6, 6.07) is 6.71. The van der Waals surface area contributed by atoms with Crippen LogP contribution in [-0.2, 0) is 4.74 Å². The number of hydrogen-bond donors (Lipinski definition) is 0. The van der Waals surface area contributed by atoms with E-state index in [0.29, 0.717) is 10.7 Å². The Morgan fingerprint density at radius 1 is 1.32 bits per heavy atom. The smallest absolute Gasteiger partial charge is 0.358 e. The molecule has 2 rings (SSSR count). The van der Waals surface area contributed by atoms with Crippen LogP contribution in [0.2, 0.25) is 5.02 Å². The second kappa shape index (κ2) is 7.98. The number of carbonyl (C=O) groups is 2. The summed E-state index contributed by atoms with van der Waals surface area (Å²) in [5, 5.41) is 4.77. The van der Waals surface area contributed by atoms with Crippen molar-refractivity contribution in [2.75, 3.05) is 20.7 Å². The van der Waals surface area contributed by atoms with Crippen molar-refractivity contribution in [3.05, 3.63) is 58.5 Å². The van der Waals surface area contributed by atoms with Crippen LogP contribution in [0, 0.1) is 6.92 Å². The van der Waals surface area contributed by atoms with E-state index in [1.807, 2.05) is 27.1 Å². The minimum atomic E-state index is -0.577. The molecule has 0 aliphatic carbocycles. The Morgan fingerprint density at radius 3 is 2.68 bits per heavy atom. The number of nitrogens with zero attached hydrogens (tertiary/aromatic N) is 3. The third-order valence-corrected chi connectivity index (χ3v) is 3.60. The van der Waals surface area contributed by atoms with Gasteiger partial charge in [-0.2, -0.15) is 5.10 Å². The summed E-state index contributed by atoms with van der Waals surface area (Å²) in [6.45, 7) is 3.81. The van der Waals surface area contributed by atoms with Gasteiger partial charge in [0.1, 0.15) is 5.69 Å². The lowest BCUT2D eigenvalue weighted by molar-refractivity contribution is 0.0519. The van der Waals surface area contributed by atoms with Crippen molar-refractivity contribution in [1.82, 2.24) is 14.7 Å². The molecule has 1 aromatic heterocycles. The Bertz CT molecular complexity index is 825. The molecule has 0 atom stereocenters. The summed E-state index contributed by atoms with van der Waals surface area (Å²) in [7, 11) is 3.62. The molecule has 0 saturated heterocycles. The quantitative estimate of drug-likeness (QED) is 0.449. The molecule has 0 fully saturated rings. The SMILES string of the molecule is CCOC(=O)c1cc(C(=O)/C=C/N(C)C)n(-c2cc(Cl)ccc2C)n1. The first-order valence-corrected chi connectivity index (χ1v) is 8.14. The van der Waals surface area contributed by atoms with Gasteiger partial charge in [-0.15, -0.1) is 0 Å². The topological polar surface area (TPSA) is 64.4 Å². The Labute approximate surface area is 151 Å². The Kier molecular flexibility index (Phi) is 5.98. The molecule has 0 radical (unpaired) electrons. The summed E-state index contributed by atoms with van der Waals surface area (Å²) >= 11 is 6.08. The highest BCUT2D eigenvalue weighted by Gasteiger charge is 2.20. The number of hydrogen-bond acceptors (Lipinski definition) is 5. The van der Waals surface area contributed by atoms with Crippen LogP contribution in [0.4, 0.5) is 0 Å². The zero-order chi connectivity index (χ0) is 18.6. The fraction of sp³-hybridized carbons (Fsp3) is 0.278. The van der Waals surface area contributed by atoms with Crippen molar-refractivity contribution in [3.63, 3.8) is 0 Å². The van der Waals surface area contributed by atoms with Gasteiger partial charge in [-0.3, -0.25) is 4.79 Å². The van der Waals surface area contributed by atoms with E-state index in [2.05, 4.69) is 5.10 Å². The van der Waals surface area contributed by atoms with Crippen LogP contribution in [0.15, 0.2) is 36.5 Å². The standard InChI is InChI=1S/C18H20ClN3O3/c1-5-25-18(24)14-11-16(17(23)8-9-21(3)4)22(20-14)15-10-13(19)7-6-12(15)2/h6-11H,5H2,1-4H3/b9-8+. The maximum atomic E-state index is 12.6. The summed E-state index contributed by atoms with van der Waals surface area (Å²) in [4.78, 5) is 26.3. The van der Waals surface area contributed by atoms with E-state index in [1.54, 1.807) is 30.2 Å². The van der Waals surface area contributed by atoms with Crippen molar-refractivity contribution < 1.29 is 14.3 Å². The minimum Gasteiger partial charge on any atom is -0.461 e. The van der Waals surface area contributed by atoms with Crippen LogP contribution < -0.4 is 0 Å². The molecule has 6 nitrogen and oxygen atoms in total. The van der Waals surface area contributed by atoms with E-state index in [9.17, 15) is 9.59 Å². The fourth-order valence-electron chi connectivity index (χ4n) is 2.16. The second-order valence-electron chi connectivity index (χ2n) is 5.62. The highest BCUT2D eigenvalue weighted by Crippen LogP contribution is 2.22. The predicted molar refractivity (Wildman–Crippen MR) is 96.4 cm³/mol. The summed E-state index contributed by atoms with van der Waals surface area (Å²) in [6.07, 6.45) is 3.05. The lowest BCUT2D eigenvalue weighted by Crippen LogP contribution is -2.10. The third kappa shape index (κ3) is 4.48. The van der Waals surface area contributed by atoms with Crippen molar-refractivity contribution >= 4 is 23.4 Å². The van der Waals surface area contributed by atoms with Crippen molar-refractivity contribution in [2.45, 2.75) is 13.8 Å². The lowest BCUT2D eigenvalue weighted by atomic mass is 10.2. The molecule has 0 unspecified atom stereocenters. The first-order valence-electron chi connectivity index (χ1n) is 7.76. The van der Waals surface area contributed by atoms with E-state index < -0.39 is 5.97 Å². The molecule has 0 aliphatic rings. The van der Waals surface area contributed by atoms with Gasteiger partial charge >= 0.3 is 5.97 Å². The number of esters is 1. The third-order valence-electron chi connectivity index (χ3n) is 3.37. The molecule has 2 aromatic rings. The lowest BCUT2D eigenvalue weighted by Gasteiger charge is -2.09. The number of ketones is 1. The molecular formula is C18H20ClN3O3. The Hall–Kier alpha value is -2.60. The number of ether oxygens (including phenoxy) is 1. The van der Waals surface area contributed by atoms with Gasteiger partial charge in [-0.05, 0) is 31.5 Å². The average molecular weight is 362 g/mol. The summed E-state index contributed by atoms with van der Waals surface area (Å²) in [5.41, 5.74) is 1.83. The first-order chi connectivity index (χ1) is 11.8. The number of aryl methyl sites for hydroxylation is 1. The highest BCUT2D eigenvalue weighted by molar-refractivity contribution is 6.30. The largest absolute Gasteiger partial charge is 0.461 e. The van der Waals surface area contributed by atoms with Crippen LogP contribution in [0.3, 0.4) is 0 Å². The number of halogens is 1. The van der Waals surface area contributed by atoms with Gasteiger partial charge in [0.25, 0.3) is 0 Å². The molecule has 1 heterocycles. The monoisotopic (exact) mass is 361 g/mol. The highest BCUT2D eigenvalue weighted by atomic mass is 35.5. The molecule has 0 saturated carbocycles. The zero-order valence-corrected chi connectivity index (χ0v) is 15.4. The van der Waals surface area contributed by atoms with Crippen LogP contribution >= 0.6 is 11.6 Å². The fourth-order valence-corrected chi connectivity index (χ4v) is 2.32. The second-order valence-corrected chi connectivity index (χ2v) is 6.06. The van der Waals surface area contributed by atoms with Crippen LogP contribution in [0.1, 0.15) is 33.5 Å². The zero-order valence-electron chi connectivity index (χ0n) is 14.6. The van der Waals surface area contributed by atoms with E-state index in [4.69, 9.17) is 16.3 Å². The number of rotatable bonds is 6. The molecule has 0 bridgehead atoms. The summed E-state index contributed by atoms with van der Waals surface area (Å²) in [5.74, 6) is -0.859. The van der Waals surface area contributed by atoms with Gasteiger partial charge < -0.3 is 9.64 Å². The van der Waals surface area contributed by atoms with Gasteiger partial charge in [-0.25, -0.2) is 9.48 Å². The van der Waals surface area contributed by atoms with E-state index in [0.717, 1.165) is 5.56 Å². The van der Waals surface area contributed by atoms with E-state index >= 15 is 0 Å². The van der Waals surface area contributed by atoms with Crippen LogP contribution in [0.25, 0.3) is 5.69 Å². The van der Waals surface area contributed by atoms with Gasteiger partial charge in [0.05, 0.1) is 12.3 Å². The number of aromatic nitrogens is 2. The number of carbonyl (C=O) groups excluding carboxylic acids is 2. The molecule has 7 heteroatoms. The van der Waals surface area contributed by atoms with Crippen LogP contribution in [0.5, 0.6) is 0 Å². The molecule has 0 N–H and O–H groups in total. The van der Waals surface area contributed by atoms with Crippen molar-refractivity contribution in [1.29, 1.82) is 0 Å². The molecule has 1 aromatic carbocycles. The molecule has 0 aliphatic heterocycles. The average Bonchev–Trinajstić information content (AvgIpc) is 3.00. The molecular weight excluding hydrogens is 342 g/mol. The Balaban J connectivity index is 2.58. The van der Waals surface area contributed by atoms with Gasteiger partial charge in [0.15, 0.2) is 5.69 Å². The molecule has 25 heavy (non-hydrogen) atoms. The van der Waals surface area contributed by atoms with Crippen LogP contribution in [-0.4, -0.2) is 47.1 Å². The first kappa shape index (κ1) is 18.7. The van der Waals surface area contributed by atoms with Crippen molar-refractivity contribution in [3.8, 4) is 5.69 Å².